The van der Waals surface area contributed by atoms with Crippen LogP contribution in [0.15, 0.2) is 24.3 Å². The predicted octanol–water partition coefficient (Wildman–Crippen LogP) is 3.32. The van der Waals surface area contributed by atoms with Crippen molar-refractivity contribution in [3.63, 3.8) is 0 Å². The fourth-order valence-corrected chi connectivity index (χ4v) is 2.42. The monoisotopic (exact) mass is 278 g/mol. The molecule has 1 atom stereocenters. The van der Waals surface area contributed by atoms with Crippen molar-refractivity contribution in [3.8, 4) is 5.75 Å². The van der Waals surface area contributed by atoms with Gasteiger partial charge in [-0.15, -0.1) is 0 Å². The third-order valence-electron chi connectivity index (χ3n) is 3.59. The average molecular weight is 278 g/mol. The van der Waals surface area contributed by atoms with Crippen molar-refractivity contribution in [1.82, 2.24) is 10.2 Å². The highest BCUT2D eigenvalue weighted by Gasteiger charge is 2.18. The van der Waals surface area contributed by atoms with Crippen LogP contribution in [0.5, 0.6) is 5.75 Å². The van der Waals surface area contributed by atoms with E-state index in [1.807, 2.05) is 13.1 Å². The van der Waals surface area contributed by atoms with E-state index in [9.17, 15) is 0 Å². The van der Waals surface area contributed by atoms with Crippen LogP contribution in [0.1, 0.15) is 39.3 Å². The predicted molar refractivity (Wildman–Crippen MR) is 86.3 cm³/mol. The number of nitrogens with one attached hydrogen (secondary N) is 1. The zero-order valence-electron chi connectivity index (χ0n) is 13.8. The SMILES string of the molecule is CNC(CN(CC(C)C)C(C)C)c1cccc(OC)c1. The molecule has 0 fully saturated rings. The van der Waals surface area contributed by atoms with Gasteiger partial charge in [-0.1, -0.05) is 26.0 Å². The van der Waals surface area contributed by atoms with E-state index in [1.54, 1.807) is 7.11 Å². The van der Waals surface area contributed by atoms with Crippen molar-refractivity contribution in [2.24, 2.45) is 5.92 Å². The maximum atomic E-state index is 5.33. The lowest BCUT2D eigenvalue weighted by atomic mass is 10.0. The molecule has 0 aromatic heterocycles. The van der Waals surface area contributed by atoms with E-state index in [0.29, 0.717) is 18.0 Å². The maximum absolute atomic E-state index is 5.33. The lowest BCUT2D eigenvalue weighted by Crippen LogP contribution is -2.40. The Morgan fingerprint density at radius 3 is 2.35 bits per heavy atom. The fourth-order valence-electron chi connectivity index (χ4n) is 2.42. The van der Waals surface area contributed by atoms with E-state index in [0.717, 1.165) is 18.8 Å². The van der Waals surface area contributed by atoms with Gasteiger partial charge in [-0.3, -0.25) is 4.90 Å². The number of hydrogen-bond donors (Lipinski definition) is 1. The Bertz CT molecular complexity index is 390. The molecule has 1 aromatic rings. The van der Waals surface area contributed by atoms with Gasteiger partial charge in [-0.2, -0.15) is 0 Å². The molecule has 0 aliphatic heterocycles. The Morgan fingerprint density at radius 1 is 1.15 bits per heavy atom. The van der Waals surface area contributed by atoms with Gasteiger partial charge in [0.1, 0.15) is 5.75 Å². The number of hydrogen-bond acceptors (Lipinski definition) is 3. The second-order valence-corrected chi connectivity index (χ2v) is 6.06. The average Bonchev–Trinajstić information content (AvgIpc) is 2.42. The van der Waals surface area contributed by atoms with E-state index < -0.39 is 0 Å². The Hall–Kier alpha value is -1.06. The summed E-state index contributed by atoms with van der Waals surface area (Å²) in [4.78, 5) is 2.53. The van der Waals surface area contributed by atoms with Crippen LogP contribution in [0, 0.1) is 5.92 Å². The summed E-state index contributed by atoms with van der Waals surface area (Å²) in [6.45, 7) is 11.2. The van der Waals surface area contributed by atoms with Gasteiger partial charge < -0.3 is 10.1 Å². The van der Waals surface area contributed by atoms with Gasteiger partial charge in [0, 0.05) is 25.2 Å². The molecule has 1 aromatic carbocycles. The molecule has 3 nitrogen and oxygen atoms in total. The highest BCUT2D eigenvalue weighted by Crippen LogP contribution is 2.21. The Labute approximate surface area is 124 Å². The molecule has 1 rings (SSSR count). The highest BCUT2D eigenvalue weighted by atomic mass is 16.5. The van der Waals surface area contributed by atoms with Crippen LogP contribution < -0.4 is 10.1 Å². The topological polar surface area (TPSA) is 24.5 Å². The van der Waals surface area contributed by atoms with Gasteiger partial charge in [0.15, 0.2) is 0 Å². The molecule has 0 amide bonds. The highest BCUT2D eigenvalue weighted by molar-refractivity contribution is 5.30. The quantitative estimate of drug-likeness (QED) is 0.789. The zero-order chi connectivity index (χ0) is 15.1. The minimum Gasteiger partial charge on any atom is -0.497 e. The first-order valence-corrected chi connectivity index (χ1v) is 7.53. The van der Waals surface area contributed by atoms with Gasteiger partial charge >= 0.3 is 0 Å². The van der Waals surface area contributed by atoms with Crippen LogP contribution in [-0.4, -0.2) is 38.2 Å². The molecule has 114 valence electrons. The molecule has 0 spiro atoms. The summed E-state index contributed by atoms with van der Waals surface area (Å²) in [5.74, 6) is 1.60. The molecule has 0 bridgehead atoms. The molecular weight excluding hydrogens is 248 g/mol. The summed E-state index contributed by atoms with van der Waals surface area (Å²) in [6, 6.07) is 9.21. The summed E-state index contributed by atoms with van der Waals surface area (Å²) >= 11 is 0. The van der Waals surface area contributed by atoms with Crippen LogP contribution in [0.25, 0.3) is 0 Å². The molecular formula is C17H30N2O. The molecule has 0 aliphatic carbocycles. The summed E-state index contributed by atoms with van der Waals surface area (Å²) in [5, 5.41) is 3.43. The van der Waals surface area contributed by atoms with Gasteiger partial charge in [0.25, 0.3) is 0 Å². The molecule has 0 saturated heterocycles. The smallest absolute Gasteiger partial charge is 0.119 e. The number of methoxy groups -OCH3 is 1. The van der Waals surface area contributed by atoms with Gasteiger partial charge in [-0.05, 0) is 44.5 Å². The molecule has 0 heterocycles. The minimum atomic E-state index is 0.325. The van der Waals surface area contributed by atoms with Crippen LogP contribution in [0.3, 0.4) is 0 Å². The molecule has 0 radical (unpaired) electrons. The number of ether oxygens (including phenoxy) is 1. The van der Waals surface area contributed by atoms with Crippen molar-refractivity contribution in [2.45, 2.75) is 39.8 Å². The van der Waals surface area contributed by atoms with Crippen molar-refractivity contribution in [1.29, 1.82) is 0 Å². The van der Waals surface area contributed by atoms with Gasteiger partial charge in [-0.25, -0.2) is 0 Å². The molecule has 0 aliphatic rings. The Morgan fingerprint density at radius 2 is 1.85 bits per heavy atom. The van der Waals surface area contributed by atoms with Crippen molar-refractivity contribution in [3.05, 3.63) is 29.8 Å². The van der Waals surface area contributed by atoms with E-state index in [2.05, 4.69) is 56.1 Å². The van der Waals surface area contributed by atoms with Crippen LogP contribution in [-0.2, 0) is 0 Å². The van der Waals surface area contributed by atoms with E-state index in [-0.39, 0.29) is 0 Å². The first kappa shape index (κ1) is 17.0. The summed E-state index contributed by atoms with van der Waals surface area (Å²) in [5.41, 5.74) is 1.28. The number of nitrogens with zero attached hydrogens (tertiary/aromatic N) is 1. The van der Waals surface area contributed by atoms with Gasteiger partial charge in [0.05, 0.1) is 7.11 Å². The van der Waals surface area contributed by atoms with Crippen molar-refractivity contribution < 1.29 is 4.74 Å². The largest absolute Gasteiger partial charge is 0.497 e. The van der Waals surface area contributed by atoms with Crippen molar-refractivity contribution in [2.75, 3.05) is 27.2 Å². The number of likely N-dealkylation sites (N-methyl/N-ethyl adjacent to an activating group) is 1. The van der Waals surface area contributed by atoms with E-state index in [1.165, 1.54) is 5.56 Å². The standard InChI is InChI=1S/C17H30N2O/c1-13(2)11-19(14(3)4)12-17(18-5)15-8-7-9-16(10-15)20-6/h7-10,13-14,17-18H,11-12H2,1-6H3. The second-order valence-electron chi connectivity index (χ2n) is 6.06. The van der Waals surface area contributed by atoms with Crippen molar-refractivity contribution >= 4 is 0 Å². The fraction of sp³-hybridized carbons (Fsp3) is 0.647. The Balaban J connectivity index is 2.82. The first-order valence-electron chi connectivity index (χ1n) is 7.53. The first-order chi connectivity index (χ1) is 9.47. The normalized spacial score (nSPS) is 13.2. The third-order valence-corrected chi connectivity index (χ3v) is 3.59. The summed E-state index contributed by atoms with van der Waals surface area (Å²) in [7, 11) is 3.74. The molecule has 1 unspecified atom stereocenters. The Kier molecular flexibility index (Phi) is 7.03. The number of rotatable bonds is 8. The molecule has 3 heteroatoms. The van der Waals surface area contributed by atoms with Gasteiger partial charge in [0.2, 0.25) is 0 Å². The number of benzene rings is 1. The molecule has 0 saturated carbocycles. The van der Waals surface area contributed by atoms with Crippen LogP contribution in [0.4, 0.5) is 0 Å². The summed E-state index contributed by atoms with van der Waals surface area (Å²) < 4.78 is 5.33. The van der Waals surface area contributed by atoms with Crippen LogP contribution in [0.2, 0.25) is 0 Å². The van der Waals surface area contributed by atoms with E-state index in [4.69, 9.17) is 4.74 Å². The lowest BCUT2D eigenvalue weighted by molar-refractivity contribution is 0.179. The zero-order valence-corrected chi connectivity index (χ0v) is 13.8. The summed E-state index contributed by atoms with van der Waals surface area (Å²) in [6.07, 6.45) is 0. The lowest BCUT2D eigenvalue weighted by Gasteiger charge is -2.32. The van der Waals surface area contributed by atoms with Crippen LogP contribution >= 0.6 is 0 Å². The minimum absolute atomic E-state index is 0.325. The van der Waals surface area contributed by atoms with E-state index >= 15 is 0 Å². The second kappa shape index (κ2) is 8.28. The molecule has 1 N–H and O–H groups in total. The third kappa shape index (κ3) is 5.14. The maximum Gasteiger partial charge on any atom is 0.119 e. The molecule has 20 heavy (non-hydrogen) atoms.